The number of aliphatic hydroxyl groups excluding tert-OH is 1. The third kappa shape index (κ3) is 2.63. The van der Waals surface area contributed by atoms with Crippen molar-refractivity contribution in [1.29, 1.82) is 5.26 Å². The number of hydrogen-bond acceptors (Lipinski definition) is 3. The first-order valence-corrected chi connectivity index (χ1v) is 7.85. The number of nitrogens with zero attached hydrogens (tertiary/aromatic N) is 2. The number of halogens is 1. The van der Waals surface area contributed by atoms with Gasteiger partial charge < -0.3 is 10.0 Å². The first kappa shape index (κ1) is 14.3. The molecule has 1 saturated carbocycles. The maximum Gasteiger partial charge on any atom is 0.143 e. The van der Waals surface area contributed by atoms with Gasteiger partial charge in [0.1, 0.15) is 17.4 Å². The van der Waals surface area contributed by atoms with Crippen LogP contribution in [0.3, 0.4) is 0 Å². The van der Waals surface area contributed by atoms with Gasteiger partial charge in [0.2, 0.25) is 0 Å². The van der Waals surface area contributed by atoms with Crippen LogP contribution in [0.2, 0.25) is 0 Å². The molecular formula is C17H21FN2O. The summed E-state index contributed by atoms with van der Waals surface area (Å²) in [6, 6.07) is 7.06. The molecule has 0 spiro atoms. The maximum absolute atomic E-state index is 13.9. The molecule has 1 aliphatic heterocycles. The molecule has 1 aromatic rings. The molecule has 0 amide bonds. The zero-order valence-electron chi connectivity index (χ0n) is 12.1. The number of nitriles is 1. The lowest BCUT2D eigenvalue weighted by Gasteiger charge is -2.38. The van der Waals surface area contributed by atoms with E-state index in [1.165, 1.54) is 6.07 Å². The highest BCUT2D eigenvalue weighted by Crippen LogP contribution is 2.38. The summed E-state index contributed by atoms with van der Waals surface area (Å²) < 4.78 is 13.9. The largest absolute Gasteiger partial charge is 0.393 e. The maximum atomic E-state index is 13.9. The van der Waals surface area contributed by atoms with Gasteiger partial charge in [-0.25, -0.2) is 4.39 Å². The van der Waals surface area contributed by atoms with Gasteiger partial charge in [0.25, 0.3) is 0 Å². The fourth-order valence-electron chi connectivity index (χ4n) is 3.99. The van der Waals surface area contributed by atoms with Crippen LogP contribution in [0, 0.1) is 23.1 Å². The Kier molecular flexibility index (Phi) is 4.12. The summed E-state index contributed by atoms with van der Waals surface area (Å²) >= 11 is 0. The topological polar surface area (TPSA) is 47.3 Å². The second-order valence-corrected chi connectivity index (χ2v) is 6.16. The smallest absolute Gasteiger partial charge is 0.143 e. The number of benzene rings is 1. The van der Waals surface area contributed by atoms with Crippen LogP contribution in [0.1, 0.15) is 44.1 Å². The van der Waals surface area contributed by atoms with E-state index >= 15 is 0 Å². The average molecular weight is 288 g/mol. The Hall–Kier alpha value is -1.60. The molecule has 3 atom stereocenters. The Labute approximate surface area is 125 Å². The second kappa shape index (κ2) is 6.03. The van der Waals surface area contributed by atoms with Crippen LogP contribution >= 0.6 is 0 Å². The summed E-state index contributed by atoms with van der Waals surface area (Å²) in [5.41, 5.74) is 0.826. The van der Waals surface area contributed by atoms with Crippen LogP contribution in [0.25, 0.3) is 0 Å². The summed E-state index contributed by atoms with van der Waals surface area (Å²) in [4.78, 5) is 2.15. The van der Waals surface area contributed by atoms with Crippen molar-refractivity contribution in [2.24, 2.45) is 5.92 Å². The third-order valence-electron chi connectivity index (χ3n) is 4.99. The monoisotopic (exact) mass is 288 g/mol. The lowest BCUT2D eigenvalue weighted by molar-refractivity contribution is 0.0566. The number of rotatable bonds is 2. The molecule has 3 rings (SSSR count). The lowest BCUT2D eigenvalue weighted by Crippen LogP contribution is -2.43. The normalized spacial score (nSPS) is 29.4. The van der Waals surface area contributed by atoms with Crippen molar-refractivity contribution >= 4 is 5.69 Å². The van der Waals surface area contributed by atoms with Gasteiger partial charge in [-0.05, 0) is 37.8 Å². The molecule has 3 nitrogen and oxygen atoms in total. The van der Waals surface area contributed by atoms with Gasteiger partial charge in [-0.15, -0.1) is 0 Å². The lowest BCUT2D eigenvalue weighted by atomic mass is 9.80. The van der Waals surface area contributed by atoms with E-state index in [1.54, 1.807) is 6.07 Å². The predicted molar refractivity (Wildman–Crippen MR) is 79.4 cm³/mol. The van der Waals surface area contributed by atoms with Crippen LogP contribution in [-0.2, 0) is 0 Å². The van der Waals surface area contributed by atoms with E-state index in [4.69, 9.17) is 0 Å². The van der Waals surface area contributed by atoms with E-state index in [9.17, 15) is 14.8 Å². The minimum Gasteiger partial charge on any atom is -0.393 e. The Morgan fingerprint density at radius 3 is 2.76 bits per heavy atom. The van der Waals surface area contributed by atoms with Crippen LogP contribution in [-0.4, -0.2) is 23.8 Å². The molecule has 1 N–H and O–H groups in total. The highest BCUT2D eigenvalue weighted by atomic mass is 19.1. The number of aliphatic hydroxyl groups is 1. The van der Waals surface area contributed by atoms with Crippen molar-refractivity contribution in [3.8, 4) is 6.07 Å². The molecule has 0 unspecified atom stereocenters. The molecule has 2 aliphatic rings. The summed E-state index contributed by atoms with van der Waals surface area (Å²) in [7, 11) is 0. The van der Waals surface area contributed by atoms with Gasteiger partial charge in [-0.2, -0.15) is 5.26 Å². The summed E-state index contributed by atoms with van der Waals surface area (Å²) in [5, 5.41) is 19.6. The Balaban J connectivity index is 1.91. The van der Waals surface area contributed by atoms with Gasteiger partial charge in [0.05, 0.1) is 11.8 Å². The summed E-state index contributed by atoms with van der Waals surface area (Å²) in [6.45, 7) is 0.839. The Morgan fingerprint density at radius 1 is 1.19 bits per heavy atom. The summed E-state index contributed by atoms with van der Waals surface area (Å²) in [6.07, 6.45) is 5.93. The first-order valence-electron chi connectivity index (χ1n) is 7.85. The molecule has 21 heavy (non-hydrogen) atoms. The van der Waals surface area contributed by atoms with E-state index < -0.39 is 5.82 Å². The minimum atomic E-state index is -0.454. The zero-order chi connectivity index (χ0) is 14.8. The highest BCUT2D eigenvalue weighted by molar-refractivity contribution is 5.61. The first-order chi connectivity index (χ1) is 10.2. The average Bonchev–Trinajstić information content (AvgIpc) is 2.96. The molecule has 0 aromatic heterocycles. The Bertz CT molecular complexity index is 554. The molecule has 0 bridgehead atoms. The van der Waals surface area contributed by atoms with Crippen molar-refractivity contribution in [3.05, 3.63) is 29.6 Å². The predicted octanol–water partition coefficient (Wildman–Crippen LogP) is 3.22. The van der Waals surface area contributed by atoms with E-state index in [1.807, 2.05) is 12.1 Å². The highest BCUT2D eigenvalue weighted by Gasteiger charge is 2.37. The van der Waals surface area contributed by atoms with Crippen molar-refractivity contribution < 1.29 is 9.50 Å². The van der Waals surface area contributed by atoms with Gasteiger partial charge >= 0.3 is 0 Å². The van der Waals surface area contributed by atoms with Crippen LogP contribution in [0.4, 0.5) is 10.1 Å². The van der Waals surface area contributed by atoms with Crippen molar-refractivity contribution in [1.82, 2.24) is 0 Å². The number of anilines is 1. The third-order valence-corrected chi connectivity index (χ3v) is 4.99. The standard InChI is InChI=1S/C17H21FN2O/c18-14-6-3-7-16(13(14)11-19)20-10-4-8-15(20)12-5-1-2-9-17(12)21/h3,6-7,12,15,17,21H,1-2,4-5,8-10H2/t12-,15-,17-/m1/s1. The van der Waals surface area contributed by atoms with Crippen LogP contribution in [0.15, 0.2) is 18.2 Å². The molecule has 1 saturated heterocycles. The van der Waals surface area contributed by atoms with Gasteiger partial charge in [0, 0.05) is 18.5 Å². The molecule has 0 radical (unpaired) electrons. The number of hydrogen-bond donors (Lipinski definition) is 1. The summed E-state index contributed by atoms with van der Waals surface area (Å²) in [5.74, 6) is -0.207. The van der Waals surface area contributed by atoms with Crippen molar-refractivity contribution in [2.75, 3.05) is 11.4 Å². The Morgan fingerprint density at radius 2 is 2.00 bits per heavy atom. The fourth-order valence-corrected chi connectivity index (χ4v) is 3.99. The van der Waals surface area contributed by atoms with Crippen LogP contribution in [0.5, 0.6) is 0 Å². The second-order valence-electron chi connectivity index (χ2n) is 6.16. The van der Waals surface area contributed by atoms with Gasteiger partial charge in [0.15, 0.2) is 0 Å². The zero-order valence-corrected chi connectivity index (χ0v) is 12.1. The minimum absolute atomic E-state index is 0.134. The van der Waals surface area contributed by atoms with Crippen molar-refractivity contribution in [3.63, 3.8) is 0 Å². The molecule has 112 valence electrons. The van der Waals surface area contributed by atoms with E-state index in [2.05, 4.69) is 4.90 Å². The molecule has 2 fully saturated rings. The van der Waals surface area contributed by atoms with E-state index in [-0.39, 0.29) is 23.6 Å². The molecule has 1 heterocycles. The quantitative estimate of drug-likeness (QED) is 0.909. The van der Waals surface area contributed by atoms with E-state index in [0.717, 1.165) is 45.1 Å². The van der Waals surface area contributed by atoms with Crippen molar-refractivity contribution in [2.45, 2.75) is 50.7 Å². The van der Waals surface area contributed by atoms with E-state index in [0.29, 0.717) is 5.69 Å². The van der Waals surface area contributed by atoms with Gasteiger partial charge in [-0.3, -0.25) is 0 Å². The molecule has 1 aromatic carbocycles. The van der Waals surface area contributed by atoms with Gasteiger partial charge in [-0.1, -0.05) is 18.9 Å². The molecular weight excluding hydrogens is 267 g/mol. The fraction of sp³-hybridized carbons (Fsp3) is 0.588. The molecule has 4 heteroatoms. The molecule has 1 aliphatic carbocycles. The SMILES string of the molecule is N#Cc1c(F)cccc1N1CCC[C@@H]1[C@H]1CCCC[C@H]1O. The van der Waals surface area contributed by atoms with Crippen LogP contribution < -0.4 is 4.90 Å².